The molecule has 2 bridgehead atoms. The third-order valence-corrected chi connectivity index (χ3v) is 9.40. The molecule has 3 amide bonds. The number of aliphatic hydroxyl groups is 1. The molecule has 3 saturated heterocycles. The fourth-order valence-corrected chi connectivity index (χ4v) is 8.31. The van der Waals surface area contributed by atoms with Crippen molar-refractivity contribution in [2.75, 3.05) is 25.1 Å². The molecular formula is C26H37N3O5S. The normalized spacial score (nSPS) is 29.7. The van der Waals surface area contributed by atoms with Crippen molar-refractivity contribution in [3.8, 4) is 5.75 Å². The van der Waals surface area contributed by atoms with E-state index in [1.54, 1.807) is 28.8 Å². The van der Waals surface area contributed by atoms with Crippen LogP contribution in [-0.2, 0) is 14.4 Å². The van der Waals surface area contributed by atoms with E-state index in [9.17, 15) is 19.5 Å². The molecule has 1 aromatic rings. The number of nitrogens with one attached hydrogen (secondary N) is 2. The van der Waals surface area contributed by atoms with Crippen molar-refractivity contribution in [2.24, 2.45) is 11.8 Å². The molecule has 1 spiro atoms. The van der Waals surface area contributed by atoms with Gasteiger partial charge in [0.15, 0.2) is 0 Å². The first kappa shape index (κ1) is 25.8. The van der Waals surface area contributed by atoms with Crippen molar-refractivity contribution in [2.45, 2.75) is 75.0 Å². The van der Waals surface area contributed by atoms with Gasteiger partial charge in [-0.3, -0.25) is 14.4 Å². The number of carbonyl (C=O) groups excluding carboxylic acids is 3. The van der Waals surface area contributed by atoms with Crippen LogP contribution >= 0.6 is 11.8 Å². The zero-order valence-electron chi connectivity index (χ0n) is 20.8. The lowest BCUT2D eigenvalue weighted by Crippen LogP contribution is -2.55. The van der Waals surface area contributed by atoms with Crippen molar-refractivity contribution in [3.63, 3.8) is 0 Å². The average molecular weight is 504 g/mol. The third-order valence-electron chi connectivity index (χ3n) is 7.45. The molecule has 3 heterocycles. The van der Waals surface area contributed by atoms with Crippen molar-refractivity contribution in [3.05, 3.63) is 24.3 Å². The number of anilines is 1. The van der Waals surface area contributed by atoms with Crippen LogP contribution in [0.25, 0.3) is 0 Å². The molecule has 8 nitrogen and oxygen atoms in total. The zero-order chi connectivity index (χ0) is 25.2. The molecule has 192 valence electrons. The number of benzene rings is 1. The smallest absolute Gasteiger partial charge is 0.244 e. The molecule has 9 heteroatoms. The van der Waals surface area contributed by atoms with Crippen LogP contribution in [-0.4, -0.2) is 69.6 Å². The minimum absolute atomic E-state index is 0.00926. The molecular weight excluding hydrogens is 466 g/mol. The number of hydrogen-bond donors (Lipinski definition) is 3. The Morgan fingerprint density at radius 2 is 2.00 bits per heavy atom. The van der Waals surface area contributed by atoms with E-state index in [4.69, 9.17) is 4.74 Å². The van der Waals surface area contributed by atoms with Crippen LogP contribution in [0.4, 0.5) is 5.69 Å². The highest BCUT2D eigenvalue weighted by molar-refractivity contribution is 8.02. The number of thioether (sulfide) groups is 1. The van der Waals surface area contributed by atoms with Crippen molar-refractivity contribution in [1.82, 2.24) is 10.2 Å². The molecule has 0 aromatic heterocycles. The second-order valence-electron chi connectivity index (χ2n) is 9.81. The molecule has 3 fully saturated rings. The maximum Gasteiger partial charge on any atom is 0.244 e. The fraction of sp³-hybridized carbons (Fsp3) is 0.654. The third kappa shape index (κ3) is 4.77. The van der Waals surface area contributed by atoms with Gasteiger partial charge in [0.1, 0.15) is 11.8 Å². The van der Waals surface area contributed by atoms with E-state index >= 15 is 0 Å². The SMILES string of the molecule is CCCC(C)NC(=O)C1N(CCCO)C(=O)[C@@H]2[C@@H](C(=O)Nc3ccc(OCC)cc3)[C@H]3CCC12S3. The maximum atomic E-state index is 13.7. The largest absolute Gasteiger partial charge is 0.494 e. The van der Waals surface area contributed by atoms with Crippen molar-refractivity contribution < 1.29 is 24.2 Å². The second kappa shape index (κ2) is 10.8. The zero-order valence-corrected chi connectivity index (χ0v) is 21.6. The van der Waals surface area contributed by atoms with Gasteiger partial charge in [0, 0.05) is 30.1 Å². The Bertz CT molecular complexity index is 941. The molecule has 0 radical (unpaired) electrons. The summed E-state index contributed by atoms with van der Waals surface area (Å²) in [6.07, 6.45) is 3.76. The van der Waals surface area contributed by atoms with Crippen LogP contribution in [0.15, 0.2) is 24.3 Å². The van der Waals surface area contributed by atoms with Gasteiger partial charge in [-0.25, -0.2) is 0 Å². The van der Waals surface area contributed by atoms with Gasteiger partial charge in [-0.05, 0) is 63.8 Å². The van der Waals surface area contributed by atoms with Crippen molar-refractivity contribution >= 4 is 35.2 Å². The highest BCUT2D eigenvalue weighted by Gasteiger charge is 2.73. The molecule has 3 unspecified atom stereocenters. The Morgan fingerprint density at radius 3 is 2.66 bits per heavy atom. The average Bonchev–Trinajstić information content (AvgIpc) is 3.46. The molecule has 3 aliphatic heterocycles. The number of ether oxygens (including phenoxy) is 1. The monoisotopic (exact) mass is 503 g/mol. The van der Waals surface area contributed by atoms with Gasteiger partial charge in [-0.15, -0.1) is 11.8 Å². The predicted octanol–water partition coefficient (Wildman–Crippen LogP) is 2.80. The Morgan fingerprint density at radius 1 is 1.26 bits per heavy atom. The summed E-state index contributed by atoms with van der Waals surface area (Å²) in [6.45, 7) is 6.80. The molecule has 1 aromatic carbocycles. The first-order valence-electron chi connectivity index (χ1n) is 12.8. The number of nitrogens with zero attached hydrogens (tertiary/aromatic N) is 1. The van der Waals surface area contributed by atoms with Gasteiger partial charge in [0.05, 0.1) is 23.2 Å². The quantitative estimate of drug-likeness (QED) is 0.429. The van der Waals surface area contributed by atoms with E-state index in [1.807, 2.05) is 26.0 Å². The van der Waals surface area contributed by atoms with E-state index in [0.717, 1.165) is 31.4 Å². The lowest BCUT2D eigenvalue weighted by molar-refractivity contribution is -0.139. The topological polar surface area (TPSA) is 108 Å². The van der Waals surface area contributed by atoms with E-state index in [0.29, 0.717) is 25.3 Å². The summed E-state index contributed by atoms with van der Waals surface area (Å²) in [5.74, 6) is -0.741. The molecule has 3 aliphatic rings. The number of amides is 3. The molecule has 6 atom stereocenters. The number of likely N-dealkylation sites (tertiary alicyclic amines) is 1. The van der Waals surface area contributed by atoms with Crippen molar-refractivity contribution in [1.29, 1.82) is 0 Å². The number of hydrogen-bond acceptors (Lipinski definition) is 6. The highest BCUT2D eigenvalue weighted by atomic mass is 32.2. The Kier molecular flexibility index (Phi) is 7.96. The van der Waals surface area contributed by atoms with Crippen LogP contribution in [0.5, 0.6) is 5.75 Å². The molecule has 3 N–H and O–H groups in total. The summed E-state index contributed by atoms with van der Waals surface area (Å²) >= 11 is 1.66. The summed E-state index contributed by atoms with van der Waals surface area (Å²) in [5.41, 5.74) is 0.658. The number of rotatable bonds is 11. The molecule has 0 saturated carbocycles. The maximum absolute atomic E-state index is 13.7. The molecule has 0 aliphatic carbocycles. The van der Waals surface area contributed by atoms with E-state index < -0.39 is 22.6 Å². The number of aliphatic hydroxyl groups excluding tert-OH is 1. The summed E-state index contributed by atoms with van der Waals surface area (Å²) < 4.78 is 4.87. The first-order chi connectivity index (χ1) is 16.9. The lowest BCUT2D eigenvalue weighted by atomic mass is 9.70. The minimum Gasteiger partial charge on any atom is -0.494 e. The number of fused-ring (bicyclic) bond motifs is 1. The Labute approximate surface area is 211 Å². The van der Waals surface area contributed by atoms with Crippen LogP contribution in [0.2, 0.25) is 0 Å². The van der Waals surface area contributed by atoms with Gasteiger partial charge >= 0.3 is 0 Å². The fourth-order valence-electron chi connectivity index (χ4n) is 6.09. The van der Waals surface area contributed by atoms with Gasteiger partial charge in [-0.2, -0.15) is 0 Å². The summed E-state index contributed by atoms with van der Waals surface area (Å²) in [7, 11) is 0. The molecule has 4 rings (SSSR count). The Balaban J connectivity index is 1.58. The van der Waals surface area contributed by atoms with Gasteiger partial charge < -0.3 is 25.4 Å². The van der Waals surface area contributed by atoms with Gasteiger partial charge in [0.2, 0.25) is 17.7 Å². The minimum atomic E-state index is -0.621. The Hall–Kier alpha value is -2.26. The lowest BCUT2D eigenvalue weighted by Gasteiger charge is -2.34. The summed E-state index contributed by atoms with van der Waals surface area (Å²) in [5, 5.41) is 15.6. The van der Waals surface area contributed by atoms with Gasteiger partial charge in [-0.1, -0.05) is 13.3 Å². The van der Waals surface area contributed by atoms with E-state index in [2.05, 4.69) is 17.6 Å². The second-order valence-corrected chi connectivity index (χ2v) is 11.4. The highest BCUT2D eigenvalue weighted by Crippen LogP contribution is 2.66. The summed E-state index contributed by atoms with van der Waals surface area (Å²) in [4.78, 5) is 42.4. The first-order valence-corrected chi connectivity index (χ1v) is 13.7. The molecule has 35 heavy (non-hydrogen) atoms. The standard InChI is InChI=1S/C26H37N3O5S/c1-4-7-16(3)27-24(32)22-26-13-12-19(35-26)20(21(26)25(33)29(22)14-6-15-30)23(31)28-17-8-10-18(11-9-17)34-5-2/h8-11,16,19-22,30H,4-7,12-15H2,1-3H3,(H,27,32)(H,28,31)/t16?,19-,20+,21+,22?,26?/m1/s1. The van der Waals surface area contributed by atoms with Crippen LogP contribution in [0.3, 0.4) is 0 Å². The summed E-state index contributed by atoms with van der Waals surface area (Å²) in [6, 6.07) is 6.61. The predicted molar refractivity (Wildman–Crippen MR) is 136 cm³/mol. The van der Waals surface area contributed by atoms with Crippen LogP contribution in [0.1, 0.15) is 52.9 Å². The van der Waals surface area contributed by atoms with Crippen LogP contribution < -0.4 is 15.4 Å². The van der Waals surface area contributed by atoms with E-state index in [-0.39, 0.29) is 35.6 Å². The van der Waals surface area contributed by atoms with Gasteiger partial charge in [0.25, 0.3) is 0 Å². The van der Waals surface area contributed by atoms with Crippen LogP contribution in [0, 0.1) is 11.8 Å². The van der Waals surface area contributed by atoms with E-state index in [1.165, 1.54) is 0 Å². The number of carbonyl (C=O) groups is 3.